The van der Waals surface area contributed by atoms with Gasteiger partial charge in [0.15, 0.2) is 0 Å². The second kappa shape index (κ2) is 6.01. The average molecular weight is 299 g/mol. The van der Waals surface area contributed by atoms with Crippen LogP contribution in [0.2, 0.25) is 0 Å². The Morgan fingerprint density at radius 1 is 1.09 bits per heavy atom. The molecule has 0 saturated carbocycles. The first kappa shape index (κ1) is 14.2. The van der Waals surface area contributed by atoms with Gasteiger partial charge in [-0.1, -0.05) is 30.7 Å². The van der Waals surface area contributed by atoms with Crippen molar-refractivity contribution in [2.45, 2.75) is 44.3 Å². The molecule has 0 radical (unpaired) electrons. The molecule has 22 heavy (non-hydrogen) atoms. The zero-order valence-corrected chi connectivity index (χ0v) is 13.1. The minimum Gasteiger partial charge on any atom is -0.338 e. The van der Waals surface area contributed by atoms with Crippen LogP contribution in [-0.4, -0.2) is 54.0 Å². The van der Waals surface area contributed by atoms with Gasteiger partial charge < -0.3 is 10.2 Å². The molecule has 1 N–H and O–H groups in total. The van der Waals surface area contributed by atoms with Crippen molar-refractivity contribution in [3.05, 3.63) is 35.4 Å². The van der Waals surface area contributed by atoms with Crippen molar-refractivity contribution >= 4 is 5.91 Å². The van der Waals surface area contributed by atoms with Crippen LogP contribution in [0.3, 0.4) is 0 Å². The second-order valence-corrected chi connectivity index (χ2v) is 6.88. The lowest BCUT2D eigenvalue weighted by Crippen LogP contribution is -2.59. The van der Waals surface area contributed by atoms with Crippen LogP contribution < -0.4 is 5.32 Å². The second-order valence-electron chi connectivity index (χ2n) is 6.88. The van der Waals surface area contributed by atoms with E-state index < -0.39 is 0 Å². The molecular formula is C18H25N3O. The Bertz CT molecular complexity index is 559. The Morgan fingerprint density at radius 3 is 2.86 bits per heavy atom. The highest BCUT2D eigenvalue weighted by molar-refractivity contribution is 5.82. The summed E-state index contributed by atoms with van der Waals surface area (Å²) >= 11 is 0. The topological polar surface area (TPSA) is 35.6 Å². The van der Waals surface area contributed by atoms with E-state index in [1.165, 1.54) is 36.9 Å². The Hall–Kier alpha value is -1.39. The summed E-state index contributed by atoms with van der Waals surface area (Å²) in [6.45, 7) is 4.92. The maximum atomic E-state index is 12.9. The Morgan fingerprint density at radius 2 is 1.95 bits per heavy atom. The van der Waals surface area contributed by atoms with E-state index >= 15 is 0 Å². The largest absolute Gasteiger partial charge is 0.338 e. The van der Waals surface area contributed by atoms with Gasteiger partial charge in [-0.3, -0.25) is 9.69 Å². The number of piperazine rings is 1. The molecule has 118 valence electrons. The van der Waals surface area contributed by atoms with E-state index in [0.29, 0.717) is 11.9 Å². The van der Waals surface area contributed by atoms with Crippen molar-refractivity contribution in [3.8, 4) is 0 Å². The average Bonchev–Trinajstić information content (AvgIpc) is 2.60. The molecule has 2 unspecified atom stereocenters. The van der Waals surface area contributed by atoms with E-state index in [1.807, 2.05) is 0 Å². The van der Waals surface area contributed by atoms with Gasteiger partial charge in [-0.05, 0) is 36.9 Å². The molecule has 2 saturated heterocycles. The number of piperidine rings is 1. The van der Waals surface area contributed by atoms with Gasteiger partial charge in [-0.15, -0.1) is 0 Å². The molecule has 0 bridgehead atoms. The number of hydrogen-bond acceptors (Lipinski definition) is 3. The fourth-order valence-corrected chi connectivity index (χ4v) is 4.21. The van der Waals surface area contributed by atoms with Crippen LogP contribution >= 0.6 is 0 Å². The van der Waals surface area contributed by atoms with Crippen LogP contribution in [0.4, 0.5) is 0 Å². The molecule has 3 aliphatic rings. The standard InChI is InChI=1S/C18H25N3O/c22-18(17-11-14-5-1-2-6-15(14)12-19-17)21-10-9-20-8-4-3-7-16(20)13-21/h1-2,5-6,16-17,19H,3-4,7-13H2. The molecule has 4 nitrogen and oxygen atoms in total. The van der Waals surface area contributed by atoms with Gasteiger partial charge in [0.25, 0.3) is 0 Å². The molecule has 0 aromatic heterocycles. The van der Waals surface area contributed by atoms with Crippen LogP contribution in [-0.2, 0) is 17.8 Å². The SMILES string of the molecule is O=C(C1Cc2ccccc2CN1)N1CCN2CCCCC2C1. The number of nitrogens with zero attached hydrogens (tertiary/aromatic N) is 2. The number of carbonyl (C=O) groups is 1. The lowest BCUT2D eigenvalue weighted by atomic mass is 9.94. The zero-order valence-electron chi connectivity index (χ0n) is 13.1. The summed E-state index contributed by atoms with van der Waals surface area (Å²) in [5.74, 6) is 0.305. The van der Waals surface area contributed by atoms with E-state index in [1.54, 1.807) is 0 Å². The third kappa shape index (κ3) is 2.66. The van der Waals surface area contributed by atoms with Crippen LogP contribution in [0.25, 0.3) is 0 Å². The van der Waals surface area contributed by atoms with E-state index in [-0.39, 0.29) is 6.04 Å². The van der Waals surface area contributed by atoms with Gasteiger partial charge in [0.1, 0.15) is 0 Å². The summed E-state index contributed by atoms with van der Waals surface area (Å²) in [5, 5.41) is 3.44. The zero-order chi connectivity index (χ0) is 14.9. The predicted molar refractivity (Wildman–Crippen MR) is 86.6 cm³/mol. The number of rotatable bonds is 1. The Balaban J connectivity index is 1.42. The van der Waals surface area contributed by atoms with Crippen molar-refractivity contribution in [2.24, 2.45) is 0 Å². The first-order valence-corrected chi connectivity index (χ1v) is 8.64. The molecule has 4 heteroatoms. The van der Waals surface area contributed by atoms with Gasteiger partial charge in [0.05, 0.1) is 6.04 Å². The number of carbonyl (C=O) groups excluding carboxylic acids is 1. The van der Waals surface area contributed by atoms with Gasteiger partial charge in [0.2, 0.25) is 5.91 Å². The van der Waals surface area contributed by atoms with Gasteiger partial charge in [-0.25, -0.2) is 0 Å². The number of nitrogens with one attached hydrogen (secondary N) is 1. The van der Waals surface area contributed by atoms with Crippen molar-refractivity contribution < 1.29 is 4.79 Å². The summed E-state index contributed by atoms with van der Waals surface area (Å²) in [5.41, 5.74) is 2.67. The fraction of sp³-hybridized carbons (Fsp3) is 0.611. The summed E-state index contributed by atoms with van der Waals surface area (Å²) in [7, 11) is 0. The molecule has 3 aliphatic heterocycles. The Kier molecular flexibility index (Phi) is 3.89. The first-order valence-electron chi connectivity index (χ1n) is 8.64. The molecule has 0 aliphatic carbocycles. The van der Waals surface area contributed by atoms with Crippen molar-refractivity contribution in [2.75, 3.05) is 26.2 Å². The monoisotopic (exact) mass is 299 g/mol. The van der Waals surface area contributed by atoms with Gasteiger partial charge in [-0.2, -0.15) is 0 Å². The van der Waals surface area contributed by atoms with Gasteiger partial charge in [0, 0.05) is 32.2 Å². The molecule has 2 fully saturated rings. The highest BCUT2D eigenvalue weighted by Crippen LogP contribution is 2.23. The molecular weight excluding hydrogens is 274 g/mol. The van der Waals surface area contributed by atoms with E-state index in [4.69, 9.17) is 0 Å². The highest BCUT2D eigenvalue weighted by Gasteiger charge is 2.34. The van der Waals surface area contributed by atoms with Gasteiger partial charge >= 0.3 is 0 Å². The molecule has 3 heterocycles. The van der Waals surface area contributed by atoms with E-state index in [9.17, 15) is 4.79 Å². The molecule has 1 aromatic rings. The summed E-state index contributed by atoms with van der Waals surface area (Å²) in [6.07, 6.45) is 4.73. The molecule has 2 atom stereocenters. The highest BCUT2D eigenvalue weighted by atomic mass is 16.2. The molecule has 1 aromatic carbocycles. The lowest BCUT2D eigenvalue weighted by Gasteiger charge is -2.45. The van der Waals surface area contributed by atoms with Crippen molar-refractivity contribution in [1.82, 2.24) is 15.1 Å². The maximum absolute atomic E-state index is 12.9. The van der Waals surface area contributed by atoms with Crippen LogP contribution in [0.1, 0.15) is 30.4 Å². The normalized spacial score (nSPS) is 28.8. The number of amides is 1. The summed E-state index contributed by atoms with van der Waals surface area (Å²) in [6, 6.07) is 9.03. The lowest BCUT2D eigenvalue weighted by molar-refractivity contribution is -0.137. The van der Waals surface area contributed by atoms with Crippen LogP contribution in [0.15, 0.2) is 24.3 Å². The van der Waals surface area contributed by atoms with Crippen molar-refractivity contribution in [1.29, 1.82) is 0 Å². The maximum Gasteiger partial charge on any atom is 0.240 e. The number of benzene rings is 1. The summed E-state index contributed by atoms with van der Waals surface area (Å²) in [4.78, 5) is 17.6. The third-order valence-electron chi connectivity index (χ3n) is 5.53. The van der Waals surface area contributed by atoms with Crippen molar-refractivity contribution in [3.63, 3.8) is 0 Å². The van der Waals surface area contributed by atoms with Crippen LogP contribution in [0, 0.1) is 0 Å². The summed E-state index contributed by atoms with van der Waals surface area (Å²) < 4.78 is 0. The minimum absolute atomic E-state index is 0.0370. The fourth-order valence-electron chi connectivity index (χ4n) is 4.21. The quantitative estimate of drug-likeness (QED) is 0.851. The predicted octanol–water partition coefficient (Wildman–Crippen LogP) is 1.40. The van der Waals surface area contributed by atoms with E-state index in [2.05, 4.69) is 39.4 Å². The number of hydrogen-bond donors (Lipinski definition) is 1. The molecule has 1 amide bonds. The minimum atomic E-state index is -0.0370. The van der Waals surface area contributed by atoms with E-state index in [0.717, 1.165) is 32.6 Å². The third-order valence-corrected chi connectivity index (χ3v) is 5.53. The molecule has 4 rings (SSSR count). The molecule has 0 spiro atoms. The van der Waals surface area contributed by atoms with Crippen LogP contribution in [0.5, 0.6) is 0 Å². The Labute approximate surface area is 132 Å². The number of fused-ring (bicyclic) bond motifs is 2. The smallest absolute Gasteiger partial charge is 0.240 e. The first-order chi connectivity index (χ1) is 10.8.